The number of fused-ring (bicyclic) bond motifs is 1. The lowest BCUT2D eigenvalue weighted by molar-refractivity contribution is 0.262. The minimum atomic E-state index is -0.311. The number of carbonyl (C=O) groups is 1. The molecule has 5 nitrogen and oxygen atoms in total. The largest absolute Gasteiger partial charge is 0.324 e. The van der Waals surface area contributed by atoms with E-state index in [1.807, 2.05) is 59.1 Å². The second-order valence-corrected chi connectivity index (χ2v) is 4.04. The molecule has 0 aliphatic heterocycles. The lowest BCUT2D eigenvalue weighted by atomic mass is 10.3. The van der Waals surface area contributed by atoms with Crippen LogP contribution in [0.5, 0.6) is 0 Å². The quantitative estimate of drug-likeness (QED) is 0.736. The first-order valence-electron chi connectivity index (χ1n) is 5.88. The highest BCUT2D eigenvalue weighted by Crippen LogP contribution is 2.10. The van der Waals surface area contributed by atoms with Crippen molar-refractivity contribution in [3.05, 3.63) is 60.9 Å². The molecule has 19 heavy (non-hydrogen) atoms. The molecule has 2 N–H and O–H groups in total. The Morgan fingerprint density at radius 3 is 2.58 bits per heavy atom. The molecule has 3 aromatic rings. The van der Waals surface area contributed by atoms with Gasteiger partial charge in [-0.2, -0.15) is 0 Å². The zero-order valence-corrected chi connectivity index (χ0v) is 10.1. The third-order valence-electron chi connectivity index (χ3n) is 2.64. The maximum atomic E-state index is 11.8. The average molecular weight is 252 g/mol. The number of hydrogen-bond acceptors (Lipinski definition) is 2. The van der Waals surface area contributed by atoms with Gasteiger partial charge in [0.25, 0.3) is 0 Å². The van der Waals surface area contributed by atoms with Crippen LogP contribution in [0.25, 0.3) is 5.65 Å². The molecule has 94 valence electrons. The molecule has 0 bridgehead atoms. The zero-order valence-electron chi connectivity index (χ0n) is 10.1. The van der Waals surface area contributed by atoms with Gasteiger partial charge in [-0.25, -0.2) is 9.78 Å². The number of carbonyl (C=O) groups excluding carboxylic acids is 1. The van der Waals surface area contributed by atoms with Gasteiger partial charge in [0.2, 0.25) is 0 Å². The summed E-state index contributed by atoms with van der Waals surface area (Å²) in [5.74, 6) is 0.514. The summed E-state index contributed by atoms with van der Waals surface area (Å²) in [6, 6.07) is 14.6. The van der Waals surface area contributed by atoms with Crippen molar-refractivity contribution in [2.45, 2.75) is 0 Å². The summed E-state index contributed by atoms with van der Waals surface area (Å²) in [5, 5.41) is 5.43. The molecule has 0 fully saturated rings. The molecule has 5 heteroatoms. The number of anilines is 2. The normalized spacial score (nSPS) is 10.3. The summed E-state index contributed by atoms with van der Waals surface area (Å²) in [7, 11) is 0. The van der Waals surface area contributed by atoms with Gasteiger partial charge in [0, 0.05) is 11.9 Å². The zero-order chi connectivity index (χ0) is 13.1. The van der Waals surface area contributed by atoms with E-state index in [4.69, 9.17) is 0 Å². The molecule has 0 unspecified atom stereocenters. The predicted octanol–water partition coefficient (Wildman–Crippen LogP) is 2.98. The number of para-hydroxylation sites is 1. The highest BCUT2D eigenvalue weighted by Gasteiger charge is 2.05. The lowest BCUT2D eigenvalue weighted by Gasteiger charge is -2.04. The van der Waals surface area contributed by atoms with Crippen molar-refractivity contribution in [2.24, 2.45) is 0 Å². The van der Waals surface area contributed by atoms with E-state index < -0.39 is 0 Å². The Morgan fingerprint density at radius 2 is 1.79 bits per heavy atom. The van der Waals surface area contributed by atoms with E-state index in [1.165, 1.54) is 0 Å². The Bertz CT molecular complexity index is 673. The molecule has 2 amide bonds. The van der Waals surface area contributed by atoms with Gasteiger partial charge in [0.05, 0.1) is 6.20 Å². The first-order valence-corrected chi connectivity index (χ1v) is 5.88. The number of benzene rings is 1. The summed E-state index contributed by atoms with van der Waals surface area (Å²) >= 11 is 0. The molecule has 0 atom stereocenters. The molecule has 0 aliphatic rings. The standard InChI is InChI=1S/C14H12N4O/c19-14(15-11-6-2-1-3-7-11)17-12-10-18-9-5-4-8-13(18)16-12/h1-10H,(H2,15,17,19). The van der Waals surface area contributed by atoms with E-state index in [2.05, 4.69) is 15.6 Å². The van der Waals surface area contributed by atoms with Crippen molar-refractivity contribution >= 4 is 23.2 Å². The Labute approximate surface area is 109 Å². The first kappa shape index (κ1) is 11.3. The van der Waals surface area contributed by atoms with Crippen LogP contribution in [0.15, 0.2) is 60.9 Å². The summed E-state index contributed by atoms with van der Waals surface area (Å²) in [6.45, 7) is 0. The summed E-state index contributed by atoms with van der Waals surface area (Å²) in [5.41, 5.74) is 1.53. The van der Waals surface area contributed by atoms with E-state index in [0.717, 1.165) is 11.3 Å². The Morgan fingerprint density at radius 1 is 1.00 bits per heavy atom. The average Bonchev–Trinajstić information content (AvgIpc) is 2.81. The van der Waals surface area contributed by atoms with Gasteiger partial charge in [-0.1, -0.05) is 24.3 Å². The van der Waals surface area contributed by atoms with Crippen LogP contribution in [0.2, 0.25) is 0 Å². The van der Waals surface area contributed by atoms with Gasteiger partial charge in [0.15, 0.2) is 5.82 Å². The third kappa shape index (κ3) is 2.55. The van der Waals surface area contributed by atoms with Gasteiger partial charge >= 0.3 is 6.03 Å². The van der Waals surface area contributed by atoms with Crippen LogP contribution in [-0.4, -0.2) is 15.4 Å². The number of urea groups is 1. The monoisotopic (exact) mass is 252 g/mol. The molecule has 0 radical (unpaired) electrons. The molecule has 1 aromatic carbocycles. The van der Waals surface area contributed by atoms with Crippen molar-refractivity contribution in [3.63, 3.8) is 0 Å². The number of amides is 2. The molecule has 0 saturated heterocycles. The molecular formula is C14H12N4O. The molecular weight excluding hydrogens is 240 g/mol. The SMILES string of the molecule is O=C(Nc1ccccc1)Nc1cn2ccccc2n1. The molecule has 0 aliphatic carbocycles. The molecule has 2 heterocycles. The molecule has 3 rings (SSSR count). The van der Waals surface area contributed by atoms with Crippen LogP contribution in [0.1, 0.15) is 0 Å². The van der Waals surface area contributed by atoms with Crippen LogP contribution < -0.4 is 10.6 Å². The fourth-order valence-corrected chi connectivity index (χ4v) is 1.80. The van der Waals surface area contributed by atoms with Crippen molar-refractivity contribution in [3.8, 4) is 0 Å². The van der Waals surface area contributed by atoms with E-state index in [1.54, 1.807) is 6.20 Å². The third-order valence-corrected chi connectivity index (χ3v) is 2.64. The van der Waals surface area contributed by atoms with Gasteiger partial charge in [-0.15, -0.1) is 0 Å². The second kappa shape index (κ2) is 4.81. The topological polar surface area (TPSA) is 58.4 Å². The maximum absolute atomic E-state index is 11.8. The Kier molecular flexibility index (Phi) is 2.86. The fraction of sp³-hybridized carbons (Fsp3) is 0. The first-order chi connectivity index (χ1) is 9.31. The molecule has 0 spiro atoms. The van der Waals surface area contributed by atoms with Crippen LogP contribution in [-0.2, 0) is 0 Å². The van der Waals surface area contributed by atoms with E-state index in [-0.39, 0.29) is 6.03 Å². The van der Waals surface area contributed by atoms with Gasteiger partial charge in [-0.05, 0) is 24.3 Å². The van der Waals surface area contributed by atoms with Gasteiger partial charge in [-0.3, -0.25) is 5.32 Å². The Balaban J connectivity index is 1.72. The Hall–Kier alpha value is -2.82. The summed E-state index contributed by atoms with van der Waals surface area (Å²) < 4.78 is 1.85. The van der Waals surface area contributed by atoms with Crippen molar-refractivity contribution in [2.75, 3.05) is 10.6 Å². The number of rotatable bonds is 2. The highest BCUT2D eigenvalue weighted by atomic mass is 16.2. The van der Waals surface area contributed by atoms with Crippen molar-refractivity contribution in [1.82, 2.24) is 9.38 Å². The van der Waals surface area contributed by atoms with E-state index >= 15 is 0 Å². The maximum Gasteiger partial charge on any atom is 0.324 e. The van der Waals surface area contributed by atoms with E-state index in [9.17, 15) is 4.79 Å². The minimum absolute atomic E-state index is 0.311. The predicted molar refractivity (Wildman–Crippen MR) is 74.3 cm³/mol. The number of pyridine rings is 1. The lowest BCUT2D eigenvalue weighted by Crippen LogP contribution is -2.19. The minimum Gasteiger partial charge on any atom is -0.308 e. The second-order valence-electron chi connectivity index (χ2n) is 4.04. The number of hydrogen-bond donors (Lipinski definition) is 2. The summed E-state index contributed by atoms with van der Waals surface area (Å²) in [4.78, 5) is 16.1. The van der Waals surface area contributed by atoms with Crippen LogP contribution in [0.4, 0.5) is 16.3 Å². The highest BCUT2D eigenvalue weighted by molar-refractivity contribution is 5.99. The van der Waals surface area contributed by atoms with Crippen LogP contribution >= 0.6 is 0 Å². The van der Waals surface area contributed by atoms with Gasteiger partial charge in [0.1, 0.15) is 5.65 Å². The van der Waals surface area contributed by atoms with Crippen LogP contribution in [0.3, 0.4) is 0 Å². The molecule has 2 aromatic heterocycles. The smallest absolute Gasteiger partial charge is 0.308 e. The summed E-state index contributed by atoms with van der Waals surface area (Å²) in [6.07, 6.45) is 3.64. The number of nitrogens with zero attached hydrogens (tertiary/aromatic N) is 2. The number of nitrogens with one attached hydrogen (secondary N) is 2. The van der Waals surface area contributed by atoms with E-state index in [0.29, 0.717) is 5.82 Å². The number of aromatic nitrogens is 2. The van der Waals surface area contributed by atoms with Crippen molar-refractivity contribution < 1.29 is 4.79 Å². The number of imidazole rings is 1. The van der Waals surface area contributed by atoms with Crippen LogP contribution in [0, 0.1) is 0 Å². The van der Waals surface area contributed by atoms with Gasteiger partial charge < -0.3 is 9.72 Å². The fourth-order valence-electron chi connectivity index (χ4n) is 1.80. The van der Waals surface area contributed by atoms with Crippen molar-refractivity contribution in [1.29, 1.82) is 0 Å². The molecule has 0 saturated carbocycles.